The van der Waals surface area contributed by atoms with Crippen molar-refractivity contribution in [2.75, 3.05) is 55.7 Å². The molecule has 2 aliphatic heterocycles. The van der Waals surface area contributed by atoms with Crippen LogP contribution >= 0.6 is 0 Å². The lowest BCUT2D eigenvalue weighted by Gasteiger charge is -2.31. The number of amides is 1. The highest BCUT2D eigenvalue weighted by Crippen LogP contribution is 2.26. The van der Waals surface area contributed by atoms with E-state index in [-0.39, 0.29) is 30.5 Å². The maximum absolute atomic E-state index is 12.9. The highest BCUT2D eigenvalue weighted by atomic mass is 32.2. The fourth-order valence-electron chi connectivity index (χ4n) is 3.30. The van der Waals surface area contributed by atoms with Crippen molar-refractivity contribution in [3.63, 3.8) is 0 Å². The highest BCUT2D eigenvalue weighted by molar-refractivity contribution is 7.91. The minimum absolute atomic E-state index is 0.0613. The Kier molecular flexibility index (Phi) is 5.34. The minimum Gasteiger partial charge on any atom is -0.369 e. The van der Waals surface area contributed by atoms with E-state index in [9.17, 15) is 13.2 Å². The Morgan fingerprint density at radius 1 is 1.04 bits per heavy atom. The molecule has 0 spiro atoms. The lowest BCUT2D eigenvalue weighted by molar-refractivity contribution is 0.0770. The topological polar surface area (TPSA) is 69.7 Å². The number of piperazine rings is 1. The molecular weight excluding hydrogens is 338 g/mol. The first-order valence-corrected chi connectivity index (χ1v) is 10.8. The molecule has 0 unspecified atom stereocenters. The van der Waals surface area contributed by atoms with Gasteiger partial charge in [-0.25, -0.2) is 8.42 Å². The first kappa shape index (κ1) is 18.2. The molecule has 1 amide bonds. The van der Waals surface area contributed by atoms with Crippen LogP contribution in [0.15, 0.2) is 18.2 Å². The molecule has 0 aliphatic carbocycles. The normalized spacial score (nSPS) is 20.8. The van der Waals surface area contributed by atoms with E-state index in [1.165, 1.54) is 0 Å². The van der Waals surface area contributed by atoms with Crippen molar-refractivity contribution in [2.45, 2.75) is 19.8 Å². The molecule has 25 heavy (non-hydrogen) atoms. The molecule has 0 aromatic heterocycles. The summed E-state index contributed by atoms with van der Waals surface area (Å²) in [5, 5.41) is 3.34. The summed E-state index contributed by atoms with van der Waals surface area (Å²) in [5.41, 5.74) is 2.89. The summed E-state index contributed by atoms with van der Waals surface area (Å²) >= 11 is 0. The van der Waals surface area contributed by atoms with Gasteiger partial charge in [-0.15, -0.1) is 0 Å². The lowest BCUT2D eigenvalue weighted by atomic mass is 9.98. The van der Waals surface area contributed by atoms with E-state index in [4.69, 9.17) is 0 Å². The van der Waals surface area contributed by atoms with Crippen molar-refractivity contribution in [3.05, 3.63) is 29.3 Å². The standard InChI is InChI=1S/C18H27N3O3S/c1-14(2)15-11-16(13-17(12-15)20-5-3-19-4-6-20)18(22)21-7-9-25(23,24)10-8-21/h11-14,19H,3-10H2,1-2H3. The summed E-state index contributed by atoms with van der Waals surface area (Å²) < 4.78 is 23.2. The number of anilines is 1. The van der Waals surface area contributed by atoms with Crippen LogP contribution in [0.5, 0.6) is 0 Å². The summed E-state index contributed by atoms with van der Waals surface area (Å²) in [6.45, 7) is 8.57. The fraction of sp³-hybridized carbons (Fsp3) is 0.611. The van der Waals surface area contributed by atoms with Crippen LogP contribution in [-0.4, -0.2) is 70.0 Å². The molecule has 1 N–H and O–H groups in total. The van der Waals surface area contributed by atoms with Crippen LogP contribution in [0.25, 0.3) is 0 Å². The van der Waals surface area contributed by atoms with E-state index in [2.05, 4.69) is 30.1 Å². The second-order valence-electron chi connectivity index (χ2n) is 7.15. The van der Waals surface area contributed by atoms with E-state index in [1.807, 2.05) is 12.1 Å². The van der Waals surface area contributed by atoms with E-state index >= 15 is 0 Å². The smallest absolute Gasteiger partial charge is 0.253 e. The first-order chi connectivity index (χ1) is 11.9. The average molecular weight is 365 g/mol. The van der Waals surface area contributed by atoms with Gasteiger partial charge in [0, 0.05) is 50.5 Å². The molecular formula is C18H27N3O3S. The van der Waals surface area contributed by atoms with E-state index in [1.54, 1.807) is 4.90 Å². The molecule has 0 radical (unpaired) electrons. The maximum atomic E-state index is 12.9. The van der Waals surface area contributed by atoms with Gasteiger partial charge in [-0.1, -0.05) is 13.8 Å². The van der Waals surface area contributed by atoms with Crippen molar-refractivity contribution >= 4 is 21.4 Å². The molecule has 1 aromatic rings. The number of carbonyl (C=O) groups is 1. The fourth-order valence-corrected chi connectivity index (χ4v) is 4.50. The zero-order valence-corrected chi connectivity index (χ0v) is 15.8. The Labute approximate surface area is 150 Å². The Hall–Kier alpha value is -1.60. The number of hydrogen-bond donors (Lipinski definition) is 1. The van der Waals surface area contributed by atoms with Crippen molar-refractivity contribution in [1.29, 1.82) is 0 Å². The SMILES string of the molecule is CC(C)c1cc(C(=O)N2CCS(=O)(=O)CC2)cc(N2CCNCC2)c1. The molecule has 2 aliphatic rings. The summed E-state index contributed by atoms with van der Waals surface area (Å²) in [7, 11) is -2.99. The monoisotopic (exact) mass is 365 g/mol. The van der Waals surface area contributed by atoms with Crippen LogP contribution in [0.3, 0.4) is 0 Å². The van der Waals surface area contributed by atoms with Crippen molar-refractivity contribution < 1.29 is 13.2 Å². The van der Waals surface area contributed by atoms with Gasteiger partial charge >= 0.3 is 0 Å². The number of sulfone groups is 1. The summed E-state index contributed by atoms with van der Waals surface area (Å²) in [5.74, 6) is 0.394. The van der Waals surface area contributed by atoms with E-state index in [0.717, 1.165) is 37.4 Å². The van der Waals surface area contributed by atoms with Gasteiger partial charge < -0.3 is 15.1 Å². The van der Waals surface area contributed by atoms with Gasteiger partial charge in [0.25, 0.3) is 5.91 Å². The number of benzene rings is 1. The van der Waals surface area contributed by atoms with Gasteiger partial charge in [0.2, 0.25) is 0 Å². The van der Waals surface area contributed by atoms with E-state index < -0.39 is 9.84 Å². The largest absolute Gasteiger partial charge is 0.369 e. The molecule has 2 saturated heterocycles. The van der Waals surface area contributed by atoms with Crippen molar-refractivity contribution in [1.82, 2.24) is 10.2 Å². The Morgan fingerprint density at radius 2 is 1.68 bits per heavy atom. The van der Waals surface area contributed by atoms with Crippen LogP contribution in [0.2, 0.25) is 0 Å². The molecule has 7 heteroatoms. The Morgan fingerprint density at radius 3 is 2.28 bits per heavy atom. The van der Waals surface area contributed by atoms with E-state index in [0.29, 0.717) is 11.5 Å². The van der Waals surface area contributed by atoms with Crippen LogP contribution < -0.4 is 10.2 Å². The molecule has 0 saturated carbocycles. The molecule has 2 fully saturated rings. The number of nitrogens with one attached hydrogen (secondary N) is 1. The van der Waals surface area contributed by atoms with Crippen LogP contribution in [0.1, 0.15) is 35.7 Å². The zero-order chi connectivity index (χ0) is 18.0. The van der Waals surface area contributed by atoms with Crippen LogP contribution in [-0.2, 0) is 9.84 Å². The molecule has 138 valence electrons. The highest BCUT2D eigenvalue weighted by Gasteiger charge is 2.26. The third kappa shape index (κ3) is 4.33. The molecule has 2 heterocycles. The van der Waals surface area contributed by atoms with Gasteiger partial charge in [0.05, 0.1) is 11.5 Å². The Balaban J connectivity index is 1.86. The number of rotatable bonds is 3. The summed E-state index contributed by atoms with van der Waals surface area (Å²) in [4.78, 5) is 16.9. The van der Waals surface area contributed by atoms with Crippen molar-refractivity contribution in [3.8, 4) is 0 Å². The molecule has 0 atom stereocenters. The molecule has 1 aromatic carbocycles. The third-order valence-corrected chi connectivity index (χ3v) is 6.58. The average Bonchev–Trinajstić information content (AvgIpc) is 2.61. The molecule has 6 nitrogen and oxygen atoms in total. The van der Waals surface area contributed by atoms with Crippen LogP contribution in [0, 0.1) is 0 Å². The molecule has 0 bridgehead atoms. The van der Waals surface area contributed by atoms with Gasteiger partial charge in [0.15, 0.2) is 9.84 Å². The predicted molar refractivity (Wildman–Crippen MR) is 100 cm³/mol. The predicted octanol–water partition coefficient (Wildman–Crippen LogP) is 1.09. The van der Waals surface area contributed by atoms with Gasteiger partial charge in [-0.3, -0.25) is 4.79 Å². The summed E-state index contributed by atoms with van der Waals surface area (Å²) in [6, 6.07) is 6.10. The second kappa shape index (κ2) is 7.33. The number of nitrogens with zero attached hydrogens (tertiary/aromatic N) is 2. The van der Waals surface area contributed by atoms with Crippen molar-refractivity contribution in [2.24, 2.45) is 0 Å². The van der Waals surface area contributed by atoms with Gasteiger partial charge in [-0.05, 0) is 29.7 Å². The lowest BCUT2D eigenvalue weighted by Crippen LogP contribution is -2.44. The first-order valence-electron chi connectivity index (χ1n) is 8.96. The van der Waals surface area contributed by atoms with Gasteiger partial charge in [0.1, 0.15) is 0 Å². The quantitative estimate of drug-likeness (QED) is 0.868. The molecule has 3 rings (SSSR count). The van der Waals surface area contributed by atoms with Crippen LogP contribution in [0.4, 0.5) is 5.69 Å². The zero-order valence-electron chi connectivity index (χ0n) is 15.0. The second-order valence-corrected chi connectivity index (χ2v) is 9.45. The minimum atomic E-state index is -2.99. The number of carbonyl (C=O) groups excluding carboxylic acids is 1. The third-order valence-electron chi connectivity index (χ3n) is 4.97. The Bertz CT molecular complexity index is 726. The maximum Gasteiger partial charge on any atom is 0.253 e. The number of hydrogen-bond acceptors (Lipinski definition) is 5. The van der Waals surface area contributed by atoms with Gasteiger partial charge in [-0.2, -0.15) is 0 Å². The summed E-state index contributed by atoms with van der Waals surface area (Å²) in [6.07, 6.45) is 0.